The quantitative estimate of drug-likeness (QED) is 0.732. The van der Waals surface area contributed by atoms with Gasteiger partial charge >= 0.3 is 0 Å². The maximum atomic E-state index is 11.4. The number of sulfonamides is 1. The van der Waals surface area contributed by atoms with Crippen molar-refractivity contribution in [1.82, 2.24) is 4.98 Å². The van der Waals surface area contributed by atoms with Gasteiger partial charge in [-0.3, -0.25) is 0 Å². The van der Waals surface area contributed by atoms with Crippen molar-refractivity contribution in [1.29, 1.82) is 0 Å². The van der Waals surface area contributed by atoms with E-state index in [1.807, 2.05) is 24.3 Å². The molecule has 0 aliphatic rings. The van der Waals surface area contributed by atoms with Crippen molar-refractivity contribution in [3.63, 3.8) is 0 Å². The summed E-state index contributed by atoms with van der Waals surface area (Å²) < 4.78 is 22.8. The van der Waals surface area contributed by atoms with Gasteiger partial charge in [0.15, 0.2) is 0 Å². The van der Waals surface area contributed by atoms with E-state index in [4.69, 9.17) is 5.14 Å². The maximum absolute atomic E-state index is 11.4. The minimum Gasteiger partial charge on any atom is -0.386 e. The number of hydrogen-bond acceptors (Lipinski definition) is 5. The molecule has 0 spiro atoms. The summed E-state index contributed by atoms with van der Waals surface area (Å²) in [7, 11) is -3.71. The number of hydrogen-bond donors (Lipinski definition) is 2. The van der Waals surface area contributed by atoms with Crippen molar-refractivity contribution in [2.45, 2.75) is 24.3 Å². The predicted octanol–water partition coefficient (Wildman–Crippen LogP) is 3.35. The Labute approximate surface area is 150 Å². The molecule has 0 radical (unpaired) electrons. The molecular weight excluding hydrogens is 356 g/mol. The Kier molecular flexibility index (Phi) is 4.51. The maximum Gasteiger partial charge on any atom is 0.238 e. The number of benzene rings is 2. The first-order valence-corrected chi connectivity index (χ1v) is 9.99. The molecule has 0 atom stereocenters. The van der Waals surface area contributed by atoms with Crippen LogP contribution in [0.5, 0.6) is 0 Å². The summed E-state index contributed by atoms with van der Waals surface area (Å²) in [6.45, 7) is 3.49. The summed E-state index contributed by atoms with van der Waals surface area (Å²) >= 11 is 1.50. The third-order valence-corrected chi connectivity index (χ3v) is 5.68. The van der Waals surface area contributed by atoms with Crippen LogP contribution < -0.4 is 5.14 Å². The van der Waals surface area contributed by atoms with Crippen LogP contribution in [-0.2, 0) is 15.6 Å². The van der Waals surface area contributed by atoms with E-state index in [2.05, 4.69) is 4.98 Å². The molecular formula is C18H18N2O3S2. The van der Waals surface area contributed by atoms with E-state index in [1.54, 1.807) is 31.5 Å². The Morgan fingerprint density at radius 2 is 1.56 bits per heavy atom. The number of nitrogens with zero attached hydrogens (tertiary/aromatic N) is 1. The van der Waals surface area contributed by atoms with Crippen LogP contribution in [0.4, 0.5) is 0 Å². The third-order valence-electron chi connectivity index (χ3n) is 3.88. The second-order valence-corrected chi connectivity index (χ2v) is 8.65. The molecule has 3 rings (SSSR count). The van der Waals surface area contributed by atoms with E-state index < -0.39 is 15.6 Å². The average Bonchev–Trinajstić information content (AvgIpc) is 3.03. The molecule has 2 aromatic carbocycles. The number of rotatable bonds is 4. The van der Waals surface area contributed by atoms with E-state index in [0.29, 0.717) is 0 Å². The Hall–Kier alpha value is -2.06. The normalized spacial score (nSPS) is 12.3. The zero-order valence-corrected chi connectivity index (χ0v) is 15.4. The second-order valence-electron chi connectivity index (χ2n) is 6.24. The monoisotopic (exact) mass is 374 g/mol. The SMILES string of the molecule is CC(C)(O)c1ccc(-c2scnc2-c2ccc(S(N)(=O)=O)cc2)cc1. The van der Waals surface area contributed by atoms with Crippen LogP contribution in [0.25, 0.3) is 21.7 Å². The van der Waals surface area contributed by atoms with Crippen molar-refractivity contribution in [2.75, 3.05) is 0 Å². The van der Waals surface area contributed by atoms with Gasteiger partial charge in [0.1, 0.15) is 0 Å². The van der Waals surface area contributed by atoms with Crippen molar-refractivity contribution >= 4 is 21.4 Å². The molecule has 7 heteroatoms. The van der Waals surface area contributed by atoms with Gasteiger partial charge in [0.2, 0.25) is 10.0 Å². The highest BCUT2D eigenvalue weighted by atomic mass is 32.2. The van der Waals surface area contributed by atoms with Gasteiger partial charge in [0.05, 0.1) is 26.6 Å². The molecule has 0 saturated heterocycles. The van der Waals surface area contributed by atoms with Crippen LogP contribution in [0.15, 0.2) is 58.9 Å². The molecule has 0 bridgehead atoms. The lowest BCUT2D eigenvalue weighted by Gasteiger charge is -2.17. The number of aromatic nitrogens is 1. The predicted molar refractivity (Wildman–Crippen MR) is 99.6 cm³/mol. The van der Waals surface area contributed by atoms with Gasteiger partial charge in [0, 0.05) is 5.56 Å². The number of aliphatic hydroxyl groups is 1. The van der Waals surface area contributed by atoms with Gasteiger partial charge in [-0.2, -0.15) is 0 Å². The second kappa shape index (κ2) is 6.34. The molecule has 0 saturated carbocycles. The van der Waals surface area contributed by atoms with E-state index >= 15 is 0 Å². The molecule has 130 valence electrons. The topological polar surface area (TPSA) is 93.3 Å². The van der Waals surface area contributed by atoms with Crippen LogP contribution in [0.3, 0.4) is 0 Å². The van der Waals surface area contributed by atoms with Crippen molar-refractivity contribution in [2.24, 2.45) is 5.14 Å². The first kappa shape index (κ1) is 17.8. The van der Waals surface area contributed by atoms with Crippen LogP contribution in [-0.4, -0.2) is 18.5 Å². The Bertz CT molecular complexity index is 984. The average molecular weight is 374 g/mol. The zero-order chi connectivity index (χ0) is 18.2. The van der Waals surface area contributed by atoms with Gasteiger partial charge in [-0.1, -0.05) is 36.4 Å². The summed E-state index contributed by atoms with van der Waals surface area (Å²) in [6, 6.07) is 14.0. The highest BCUT2D eigenvalue weighted by Gasteiger charge is 2.17. The molecule has 1 aromatic heterocycles. The summed E-state index contributed by atoms with van der Waals surface area (Å²) in [5, 5.41) is 15.2. The fourth-order valence-corrected chi connectivity index (χ4v) is 3.82. The molecule has 5 nitrogen and oxygen atoms in total. The molecule has 0 unspecified atom stereocenters. The Morgan fingerprint density at radius 1 is 1.00 bits per heavy atom. The van der Waals surface area contributed by atoms with Crippen molar-refractivity contribution in [3.8, 4) is 21.7 Å². The standard InChI is InChI=1S/C18H18N2O3S2/c1-18(2,21)14-7-3-13(4-8-14)17-16(20-11-24-17)12-5-9-15(10-6-12)25(19,22)23/h3-11,21H,1-2H3,(H2,19,22,23). The Morgan fingerprint density at radius 3 is 2.08 bits per heavy atom. The fraction of sp³-hybridized carbons (Fsp3) is 0.167. The molecule has 1 heterocycles. The first-order chi connectivity index (χ1) is 11.7. The molecule has 25 heavy (non-hydrogen) atoms. The van der Waals surface area contributed by atoms with E-state index in [0.717, 1.165) is 27.3 Å². The molecule has 0 amide bonds. The molecule has 0 aliphatic carbocycles. The molecule has 3 N–H and O–H groups in total. The minimum atomic E-state index is -3.71. The van der Waals surface area contributed by atoms with E-state index in [-0.39, 0.29) is 4.90 Å². The van der Waals surface area contributed by atoms with Crippen molar-refractivity contribution < 1.29 is 13.5 Å². The fourth-order valence-electron chi connectivity index (χ4n) is 2.49. The Balaban J connectivity index is 1.98. The van der Waals surface area contributed by atoms with Gasteiger partial charge in [-0.25, -0.2) is 18.5 Å². The summed E-state index contributed by atoms with van der Waals surface area (Å²) in [5.41, 5.74) is 4.28. The third kappa shape index (κ3) is 3.80. The van der Waals surface area contributed by atoms with Crippen LogP contribution in [0.1, 0.15) is 19.4 Å². The molecule has 0 fully saturated rings. The first-order valence-electron chi connectivity index (χ1n) is 7.56. The van der Waals surface area contributed by atoms with Gasteiger partial charge < -0.3 is 5.11 Å². The number of thiazole rings is 1. The van der Waals surface area contributed by atoms with Crippen molar-refractivity contribution in [3.05, 3.63) is 59.6 Å². The highest BCUT2D eigenvalue weighted by molar-refractivity contribution is 7.89. The van der Waals surface area contributed by atoms with Crippen LogP contribution in [0, 0.1) is 0 Å². The minimum absolute atomic E-state index is 0.0718. The van der Waals surface area contributed by atoms with Gasteiger partial charge in [0.25, 0.3) is 0 Å². The number of nitrogens with two attached hydrogens (primary N) is 1. The summed E-state index contributed by atoms with van der Waals surface area (Å²) in [5.74, 6) is 0. The van der Waals surface area contributed by atoms with Gasteiger partial charge in [-0.05, 0) is 37.1 Å². The van der Waals surface area contributed by atoms with E-state index in [9.17, 15) is 13.5 Å². The number of primary sulfonamides is 1. The molecule has 3 aromatic rings. The van der Waals surface area contributed by atoms with Crippen LogP contribution >= 0.6 is 11.3 Å². The zero-order valence-electron chi connectivity index (χ0n) is 13.8. The molecule has 0 aliphatic heterocycles. The lowest BCUT2D eigenvalue weighted by atomic mass is 9.96. The van der Waals surface area contributed by atoms with Crippen LogP contribution in [0.2, 0.25) is 0 Å². The van der Waals surface area contributed by atoms with E-state index in [1.165, 1.54) is 23.5 Å². The highest BCUT2D eigenvalue weighted by Crippen LogP contribution is 2.35. The largest absolute Gasteiger partial charge is 0.386 e. The van der Waals surface area contributed by atoms with Gasteiger partial charge in [-0.15, -0.1) is 11.3 Å². The summed E-state index contributed by atoms with van der Waals surface area (Å²) in [6.07, 6.45) is 0. The lowest BCUT2D eigenvalue weighted by Crippen LogP contribution is -2.14. The lowest BCUT2D eigenvalue weighted by molar-refractivity contribution is 0.0786. The smallest absolute Gasteiger partial charge is 0.238 e. The summed E-state index contributed by atoms with van der Waals surface area (Å²) in [4.78, 5) is 5.46.